The maximum absolute atomic E-state index is 13.6. The molecule has 52 heavy (non-hydrogen) atoms. The number of carboxylic acids is 1. The highest BCUT2D eigenvalue weighted by Gasteiger charge is 2.36. The number of carboxylic acid groups (broad SMARTS) is 1. The van der Waals surface area contributed by atoms with Crippen LogP contribution in [0.15, 0.2) is 30.3 Å². The largest absolute Gasteiger partial charge is 0.480 e. The van der Waals surface area contributed by atoms with E-state index in [0.29, 0.717) is 30.6 Å². The summed E-state index contributed by atoms with van der Waals surface area (Å²) in [7, 11) is 0. The number of hydrogen-bond acceptors (Lipinski definition) is 9. The van der Waals surface area contributed by atoms with Crippen molar-refractivity contribution in [3.63, 3.8) is 0 Å². The van der Waals surface area contributed by atoms with E-state index in [-0.39, 0.29) is 24.7 Å². The second kappa shape index (κ2) is 23.4. The fourth-order valence-corrected chi connectivity index (χ4v) is 5.75. The minimum absolute atomic E-state index is 0.00866. The third-order valence-electron chi connectivity index (χ3n) is 8.54. The lowest BCUT2D eigenvalue weighted by Gasteiger charge is -2.31. The van der Waals surface area contributed by atoms with E-state index in [0.717, 1.165) is 0 Å². The van der Waals surface area contributed by atoms with Gasteiger partial charge in [0, 0.05) is 6.42 Å². The SMILES string of the molecule is CC[C@H](C)[C@H](NC(=O)[C@H](CCSC)NC=O)C(=O)N[C@H](C(=O)N[C@H](C(=O)N[C@@H](CC(C)C)C(=O)N[C@@H](Cc1ccccc1)C(=O)O)[C@@H](C)O)C(C)C. The van der Waals surface area contributed by atoms with Gasteiger partial charge in [-0.2, -0.15) is 11.8 Å². The highest BCUT2D eigenvalue weighted by atomic mass is 32.2. The summed E-state index contributed by atoms with van der Waals surface area (Å²) >= 11 is 1.50. The maximum Gasteiger partial charge on any atom is 0.326 e. The third-order valence-corrected chi connectivity index (χ3v) is 9.18. The molecule has 8 N–H and O–H groups in total. The first-order valence-electron chi connectivity index (χ1n) is 17.6. The van der Waals surface area contributed by atoms with Crippen LogP contribution < -0.4 is 31.9 Å². The average molecular weight is 751 g/mol. The van der Waals surface area contributed by atoms with Gasteiger partial charge in [0.15, 0.2) is 0 Å². The molecule has 8 atom stereocenters. The molecule has 0 aliphatic rings. The van der Waals surface area contributed by atoms with E-state index in [1.165, 1.54) is 18.7 Å². The van der Waals surface area contributed by atoms with Gasteiger partial charge >= 0.3 is 5.97 Å². The molecule has 0 saturated heterocycles. The Morgan fingerprint density at radius 1 is 0.731 bits per heavy atom. The lowest BCUT2D eigenvalue weighted by Crippen LogP contribution is -2.62. The summed E-state index contributed by atoms with van der Waals surface area (Å²) in [5.41, 5.74) is 0.687. The average Bonchev–Trinajstić information content (AvgIpc) is 3.08. The van der Waals surface area contributed by atoms with Gasteiger partial charge in [0.05, 0.1) is 6.10 Å². The number of aliphatic carboxylic acids is 1. The normalized spacial score (nSPS) is 15.8. The first kappa shape index (κ1) is 45.8. The van der Waals surface area contributed by atoms with Gasteiger partial charge in [-0.25, -0.2) is 4.79 Å². The van der Waals surface area contributed by atoms with Crippen molar-refractivity contribution in [3.05, 3.63) is 35.9 Å². The minimum Gasteiger partial charge on any atom is -0.480 e. The molecule has 0 aliphatic carbocycles. The number of aliphatic hydroxyl groups excluding tert-OH is 1. The van der Waals surface area contributed by atoms with Crippen LogP contribution in [-0.4, -0.2) is 106 Å². The number of amides is 6. The lowest BCUT2D eigenvalue weighted by atomic mass is 9.95. The zero-order valence-corrected chi connectivity index (χ0v) is 32.3. The number of nitrogens with one attached hydrogen (secondary N) is 6. The molecule has 16 heteroatoms. The molecule has 1 aromatic rings. The molecule has 292 valence electrons. The van der Waals surface area contributed by atoms with Crippen molar-refractivity contribution in [1.82, 2.24) is 31.9 Å². The Bertz CT molecular complexity index is 1330. The van der Waals surface area contributed by atoms with E-state index < -0.39 is 83.8 Å². The van der Waals surface area contributed by atoms with Crippen LogP contribution >= 0.6 is 11.8 Å². The van der Waals surface area contributed by atoms with Crippen molar-refractivity contribution in [2.45, 2.75) is 117 Å². The lowest BCUT2D eigenvalue weighted by molar-refractivity contribution is -0.142. The Balaban J connectivity index is 3.18. The summed E-state index contributed by atoms with van der Waals surface area (Å²) in [6.07, 6.45) is 1.83. The summed E-state index contributed by atoms with van der Waals surface area (Å²) in [6, 6.07) is 1.59. The first-order chi connectivity index (χ1) is 24.5. The van der Waals surface area contributed by atoms with Crippen molar-refractivity contribution in [2.75, 3.05) is 12.0 Å². The van der Waals surface area contributed by atoms with Crippen LogP contribution in [0.25, 0.3) is 0 Å². The second-order valence-corrected chi connectivity index (χ2v) is 14.7. The van der Waals surface area contributed by atoms with Crippen molar-refractivity contribution in [1.29, 1.82) is 0 Å². The van der Waals surface area contributed by atoms with Crippen LogP contribution in [-0.2, 0) is 40.0 Å². The van der Waals surface area contributed by atoms with Crippen molar-refractivity contribution < 1.29 is 43.8 Å². The summed E-state index contributed by atoms with van der Waals surface area (Å²) in [5, 5.41) is 35.8. The Kier molecular flexibility index (Phi) is 20.6. The minimum atomic E-state index is -1.55. The molecule has 0 unspecified atom stereocenters. The topological polar surface area (TPSA) is 232 Å². The Labute approximate surface area is 311 Å². The van der Waals surface area contributed by atoms with E-state index in [1.807, 2.05) is 27.0 Å². The quantitative estimate of drug-likeness (QED) is 0.0691. The first-order valence-corrected chi connectivity index (χ1v) is 19.0. The third kappa shape index (κ3) is 15.6. The molecule has 0 aromatic heterocycles. The van der Waals surface area contributed by atoms with Gasteiger partial charge in [0.2, 0.25) is 35.9 Å². The number of benzene rings is 1. The number of carbonyl (C=O) groups excluding carboxylic acids is 6. The molecule has 0 fully saturated rings. The number of hydrogen-bond donors (Lipinski definition) is 8. The summed E-state index contributed by atoms with van der Waals surface area (Å²) in [6.45, 7) is 11.8. The van der Waals surface area contributed by atoms with Gasteiger partial charge in [-0.1, -0.05) is 78.3 Å². The van der Waals surface area contributed by atoms with Gasteiger partial charge < -0.3 is 42.1 Å². The highest BCUT2D eigenvalue weighted by molar-refractivity contribution is 7.98. The molecule has 6 amide bonds. The smallest absolute Gasteiger partial charge is 0.326 e. The van der Waals surface area contributed by atoms with Gasteiger partial charge in [-0.3, -0.25) is 28.8 Å². The molecular formula is C36H58N6O9S. The van der Waals surface area contributed by atoms with Crippen molar-refractivity contribution >= 4 is 53.7 Å². The van der Waals surface area contributed by atoms with E-state index in [2.05, 4.69) is 31.9 Å². The molecule has 0 radical (unpaired) electrons. The van der Waals surface area contributed by atoms with Crippen molar-refractivity contribution in [2.24, 2.45) is 17.8 Å². The van der Waals surface area contributed by atoms with E-state index >= 15 is 0 Å². The summed E-state index contributed by atoms with van der Waals surface area (Å²) < 4.78 is 0. The zero-order valence-electron chi connectivity index (χ0n) is 31.4. The van der Waals surface area contributed by atoms with E-state index in [9.17, 15) is 43.8 Å². The Morgan fingerprint density at radius 2 is 1.25 bits per heavy atom. The molecular weight excluding hydrogens is 692 g/mol. The zero-order chi connectivity index (χ0) is 39.5. The second-order valence-electron chi connectivity index (χ2n) is 13.7. The Hall–Kier alpha value is -4.18. The van der Waals surface area contributed by atoms with Crippen LogP contribution in [0.1, 0.15) is 73.3 Å². The van der Waals surface area contributed by atoms with Gasteiger partial charge in [-0.05, 0) is 55.1 Å². The number of rotatable bonds is 24. The number of carbonyl (C=O) groups is 7. The molecule has 0 saturated carbocycles. The monoisotopic (exact) mass is 750 g/mol. The molecule has 0 aliphatic heterocycles. The molecule has 1 aromatic carbocycles. The van der Waals surface area contributed by atoms with Crippen LogP contribution in [0.5, 0.6) is 0 Å². The van der Waals surface area contributed by atoms with E-state index in [1.54, 1.807) is 51.1 Å². The highest BCUT2D eigenvalue weighted by Crippen LogP contribution is 2.13. The molecule has 0 bridgehead atoms. The molecule has 0 spiro atoms. The molecule has 1 rings (SSSR count). The summed E-state index contributed by atoms with van der Waals surface area (Å²) in [4.78, 5) is 90.4. The fraction of sp³-hybridized carbons (Fsp3) is 0.639. The van der Waals surface area contributed by atoms with Gasteiger partial charge in [-0.15, -0.1) is 0 Å². The maximum atomic E-state index is 13.6. The van der Waals surface area contributed by atoms with Crippen LogP contribution in [0.4, 0.5) is 0 Å². The fourth-order valence-electron chi connectivity index (χ4n) is 5.28. The van der Waals surface area contributed by atoms with Gasteiger partial charge in [0.25, 0.3) is 0 Å². The van der Waals surface area contributed by atoms with E-state index in [4.69, 9.17) is 0 Å². The van der Waals surface area contributed by atoms with Gasteiger partial charge in [0.1, 0.15) is 36.3 Å². The number of aliphatic hydroxyl groups is 1. The molecule has 15 nitrogen and oxygen atoms in total. The summed E-state index contributed by atoms with van der Waals surface area (Å²) in [5.74, 6) is -5.27. The van der Waals surface area contributed by atoms with Crippen molar-refractivity contribution in [3.8, 4) is 0 Å². The Morgan fingerprint density at radius 3 is 1.75 bits per heavy atom. The van der Waals surface area contributed by atoms with Crippen LogP contribution in [0, 0.1) is 17.8 Å². The molecule has 0 heterocycles. The standard InChI is InChI=1S/C36H58N6O9S/c1-9-22(6)29(41-31(45)25(37-19-43)15-16-52-8)34(48)40-28(21(4)5)33(47)42-30(23(7)44)35(49)38-26(17-20(2)3)32(46)39-27(36(50)51)18-24-13-11-10-12-14-24/h10-14,19-23,25-30,44H,9,15-18H2,1-8H3,(H,37,43)(H,38,49)(H,39,46)(H,40,48)(H,41,45)(H,42,47)(H,50,51)/t22-,23+,25-,26-,27-,28-,29-,30-/m0/s1. The predicted molar refractivity (Wildman–Crippen MR) is 199 cm³/mol. The van der Waals surface area contributed by atoms with Crippen LogP contribution in [0.2, 0.25) is 0 Å². The predicted octanol–water partition coefficient (Wildman–Crippen LogP) is 0.734. The number of thioether (sulfide) groups is 1. The van der Waals surface area contributed by atoms with Crippen LogP contribution in [0.3, 0.4) is 0 Å².